The summed E-state index contributed by atoms with van der Waals surface area (Å²) in [7, 11) is 0. The molecule has 1 amide bonds. The summed E-state index contributed by atoms with van der Waals surface area (Å²) in [5.41, 5.74) is -0.213. The Morgan fingerprint density at radius 2 is 1.76 bits per heavy atom. The molecular formula is C11H19ClF3NO. The van der Waals surface area contributed by atoms with Crippen molar-refractivity contribution >= 4 is 17.5 Å². The Morgan fingerprint density at radius 1 is 1.24 bits per heavy atom. The van der Waals surface area contributed by atoms with E-state index in [0.29, 0.717) is 12.4 Å². The van der Waals surface area contributed by atoms with Crippen LogP contribution in [-0.4, -0.2) is 24.5 Å². The largest absolute Gasteiger partial charge is 0.389 e. The van der Waals surface area contributed by atoms with Crippen LogP contribution in [0.3, 0.4) is 0 Å². The average Bonchev–Trinajstić information content (AvgIpc) is 2.28. The van der Waals surface area contributed by atoms with Gasteiger partial charge in [0.05, 0.1) is 6.42 Å². The highest BCUT2D eigenvalue weighted by Gasteiger charge is 2.29. The first-order valence-corrected chi connectivity index (χ1v) is 6.21. The van der Waals surface area contributed by atoms with Gasteiger partial charge in [-0.15, -0.1) is 11.6 Å². The molecule has 0 aliphatic heterocycles. The maximum atomic E-state index is 11.9. The zero-order chi connectivity index (χ0) is 13.5. The summed E-state index contributed by atoms with van der Waals surface area (Å²) in [4.78, 5) is 11.2. The van der Waals surface area contributed by atoms with Crippen molar-refractivity contribution in [3.05, 3.63) is 0 Å². The lowest BCUT2D eigenvalue weighted by Crippen LogP contribution is -2.38. The van der Waals surface area contributed by atoms with Crippen molar-refractivity contribution in [2.75, 3.05) is 12.4 Å². The molecule has 6 heteroatoms. The lowest BCUT2D eigenvalue weighted by molar-refractivity contribution is -0.144. The quantitative estimate of drug-likeness (QED) is 0.707. The van der Waals surface area contributed by atoms with Crippen molar-refractivity contribution < 1.29 is 18.0 Å². The van der Waals surface area contributed by atoms with E-state index in [1.807, 2.05) is 13.8 Å². The van der Waals surface area contributed by atoms with Crippen molar-refractivity contribution in [1.82, 2.24) is 5.32 Å². The van der Waals surface area contributed by atoms with Crippen LogP contribution in [-0.2, 0) is 4.79 Å². The van der Waals surface area contributed by atoms with Gasteiger partial charge in [0.1, 0.15) is 0 Å². The standard InChI is InChI=1S/C11H19ClF3NO/c1-3-10(4-2,7-12)8-16-9(17)5-6-11(13,14)15/h3-8H2,1-2H3,(H,16,17). The fourth-order valence-electron chi connectivity index (χ4n) is 1.37. The number of rotatable bonds is 7. The Kier molecular flexibility index (Phi) is 6.90. The van der Waals surface area contributed by atoms with E-state index in [0.717, 1.165) is 12.8 Å². The minimum absolute atomic E-state index is 0.213. The van der Waals surface area contributed by atoms with Crippen LogP contribution in [0.1, 0.15) is 39.5 Å². The van der Waals surface area contributed by atoms with Gasteiger partial charge in [-0.2, -0.15) is 13.2 Å². The van der Waals surface area contributed by atoms with Crippen LogP contribution in [0.4, 0.5) is 13.2 Å². The second kappa shape index (κ2) is 7.09. The molecule has 0 radical (unpaired) electrons. The molecule has 0 aromatic carbocycles. The lowest BCUT2D eigenvalue weighted by Gasteiger charge is -2.29. The predicted molar refractivity (Wildman–Crippen MR) is 62.0 cm³/mol. The van der Waals surface area contributed by atoms with Gasteiger partial charge in [-0.05, 0) is 12.8 Å². The Bertz CT molecular complexity index is 231. The van der Waals surface area contributed by atoms with Gasteiger partial charge in [-0.3, -0.25) is 4.79 Å². The smallest absolute Gasteiger partial charge is 0.355 e. The molecule has 0 aliphatic rings. The Labute approximate surface area is 105 Å². The normalized spacial score (nSPS) is 12.6. The Hall–Kier alpha value is -0.450. The van der Waals surface area contributed by atoms with E-state index in [-0.39, 0.29) is 5.41 Å². The number of amides is 1. The molecule has 0 fully saturated rings. The number of halogens is 4. The van der Waals surface area contributed by atoms with Crippen molar-refractivity contribution in [2.24, 2.45) is 5.41 Å². The fraction of sp³-hybridized carbons (Fsp3) is 0.909. The molecule has 0 aliphatic carbocycles. The van der Waals surface area contributed by atoms with E-state index in [4.69, 9.17) is 11.6 Å². The van der Waals surface area contributed by atoms with Crippen molar-refractivity contribution in [2.45, 2.75) is 45.7 Å². The molecule has 0 atom stereocenters. The van der Waals surface area contributed by atoms with Crippen LogP contribution in [0.5, 0.6) is 0 Å². The maximum absolute atomic E-state index is 11.9. The Morgan fingerprint density at radius 3 is 2.12 bits per heavy atom. The van der Waals surface area contributed by atoms with Crippen LogP contribution in [0.25, 0.3) is 0 Å². The van der Waals surface area contributed by atoms with Crippen molar-refractivity contribution in [1.29, 1.82) is 0 Å². The number of carbonyl (C=O) groups is 1. The Balaban J connectivity index is 4.06. The molecular weight excluding hydrogens is 255 g/mol. The molecule has 0 heterocycles. The number of carbonyl (C=O) groups excluding carboxylic acids is 1. The van der Waals surface area contributed by atoms with E-state index in [1.54, 1.807) is 0 Å². The van der Waals surface area contributed by atoms with Gasteiger partial charge in [0, 0.05) is 24.3 Å². The molecule has 0 saturated carbocycles. The molecule has 17 heavy (non-hydrogen) atoms. The van der Waals surface area contributed by atoms with Crippen LogP contribution >= 0.6 is 11.6 Å². The second-order valence-corrected chi connectivity index (χ2v) is 4.50. The number of hydrogen-bond acceptors (Lipinski definition) is 1. The predicted octanol–water partition coefficient (Wildman–Crippen LogP) is 3.49. The summed E-state index contributed by atoms with van der Waals surface area (Å²) in [5, 5.41) is 2.53. The van der Waals surface area contributed by atoms with Gasteiger partial charge in [-0.25, -0.2) is 0 Å². The van der Waals surface area contributed by atoms with Gasteiger partial charge in [0.15, 0.2) is 0 Å². The summed E-state index contributed by atoms with van der Waals surface area (Å²) in [6.07, 6.45) is -4.31. The maximum Gasteiger partial charge on any atom is 0.389 e. The molecule has 1 N–H and O–H groups in total. The van der Waals surface area contributed by atoms with E-state index >= 15 is 0 Å². The SMILES string of the molecule is CCC(CC)(CCl)CNC(=O)CCC(F)(F)F. The van der Waals surface area contributed by atoms with E-state index in [9.17, 15) is 18.0 Å². The number of nitrogens with one attached hydrogen (secondary N) is 1. The van der Waals surface area contributed by atoms with Gasteiger partial charge in [0.25, 0.3) is 0 Å². The lowest BCUT2D eigenvalue weighted by atomic mass is 9.84. The zero-order valence-corrected chi connectivity index (χ0v) is 10.9. The monoisotopic (exact) mass is 273 g/mol. The summed E-state index contributed by atoms with van der Waals surface area (Å²) in [5.74, 6) is -0.182. The summed E-state index contributed by atoms with van der Waals surface area (Å²) >= 11 is 5.83. The first kappa shape index (κ1) is 16.6. The van der Waals surface area contributed by atoms with Crippen LogP contribution in [0.2, 0.25) is 0 Å². The summed E-state index contributed by atoms with van der Waals surface area (Å²) in [6.45, 7) is 4.24. The van der Waals surface area contributed by atoms with Gasteiger partial charge < -0.3 is 5.32 Å². The fourth-order valence-corrected chi connectivity index (χ4v) is 1.84. The van der Waals surface area contributed by atoms with Crippen LogP contribution < -0.4 is 5.32 Å². The van der Waals surface area contributed by atoms with Crippen molar-refractivity contribution in [3.63, 3.8) is 0 Å². The molecule has 0 aromatic rings. The molecule has 0 saturated heterocycles. The van der Waals surface area contributed by atoms with Crippen LogP contribution in [0, 0.1) is 5.41 Å². The highest BCUT2D eigenvalue weighted by molar-refractivity contribution is 6.18. The molecule has 0 spiro atoms. The van der Waals surface area contributed by atoms with E-state index in [1.165, 1.54) is 0 Å². The third-order valence-electron chi connectivity index (χ3n) is 3.08. The first-order chi connectivity index (χ1) is 7.78. The number of hydrogen-bond donors (Lipinski definition) is 1. The van der Waals surface area contributed by atoms with E-state index < -0.39 is 24.9 Å². The third kappa shape index (κ3) is 6.76. The molecule has 102 valence electrons. The molecule has 0 unspecified atom stereocenters. The third-order valence-corrected chi connectivity index (χ3v) is 3.65. The zero-order valence-electron chi connectivity index (χ0n) is 10.2. The topological polar surface area (TPSA) is 29.1 Å². The minimum Gasteiger partial charge on any atom is -0.355 e. The summed E-state index contributed by atoms with van der Waals surface area (Å²) in [6, 6.07) is 0. The first-order valence-electron chi connectivity index (χ1n) is 5.68. The van der Waals surface area contributed by atoms with Gasteiger partial charge in [0.2, 0.25) is 5.91 Å². The van der Waals surface area contributed by atoms with Gasteiger partial charge in [-0.1, -0.05) is 13.8 Å². The molecule has 0 rings (SSSR count). The number of alkyl halides is 4. The highest BCUT2D eigenvalue weighted by Crippen LogP contribution is 2.27. The minimum atomic E-state index is -4.28. The summed E-state index contributed by atoms with van der Waals surface area (Å²) < 4.78 is 35.7. The molecule has 0 aromatic heterocycles. The highest BCUT2D eigenvalue weighted by atomic mass is 35.5. The van der Waals surface area contributed by atoms with Gasteiger partial charge >= 0.3 is 6.18 Å². The molecule has 0 bridgehead atoms. The average molecular weight is 274 g/mol. The second-order valence-electron chi connectivity index (χ2n) is 4.23. The molecule has 2 nitrogen and oxygen atoms in total. The van der Waals surface area contributed by atoms with Crippen molar-refractivity contribution in [3.8, 4) is 0 Å². The van der Waals surface area contributed by atoms with E-state index in [2.05, 4.69) is 5.32 Å². The van der Waals surface area contributed by atoms with Crippen LogP contribution in [0.15, 0.2) is 0 Å².